The zero-order valence-corrected chi connectivity index (χ0v) is 15.8. The summed E-state index contributed by atoms with van der Waals surface area (Å²) in [5, 5.41) is 12.1. The Balaban J connectivity index is 1.69. The number of hydrogen-bond donors (Lipinski definition) is 4. The maximum absolute atomic E-state index is 12.4. The molecular weight excluding hydrogens is 382 g/mol. The fourth-order valence-corrected chi connectivity index (χ4v) is 3.12. The standard InChI is InChI=1S/C17H23N7O5/c1-23-6-4-9(20-16(23)19)8-12(25)21-10-2-3-13(29-14(10)15(26)27)24-7-5-11(18)22-17(24)28/h2-3,5,7,9-10,13-14H,4,6,8H2,1H3,(H2,19,20)(H,21,25)(H,26,27)(H2,18,22,28)/t9-,10+,13-,14+/m1/s1. The number of nitrogens with two attached hydrogens (primary N) is 2. The second-order valence-electron chi connectivity index (χ2n) is 6.86. The minimum Gasteiger partial charge on any atom is -0.479 e. The van der Waals surface area contributed by atoms with Gasteiger partial charge >= 0.3 is 11.7 Å². The third-order valence-electron chi connectivity index (χ3n) is 4.72. The molecule has 0 aromatic carbocycles. The second kappa shape index (κ2) is 8.31. The molecule has 0 bridgehead atoms. The molecule has 0 saturated carbocycles. The van der Waals surface area contributed by atoms with Gasteiger partial charge in [0.1, 0.15) is 5.82 Å². The number of nitrogens with zero attached hydrogens (tertiary/aromatic N) is 4. The van der Waals surface area contributed by atoms with E-state index in [1.54, 1.807) is 4.90 Å². The molecule has 2 aliphatic rings. The Kier molecular flexibility index (Phi) is 5.82. The molecule has 6 N–H and O–H groups in total. The molecule has 0 radical (unpaired) electrons. The third kappa shape index (κ3) is 4.71. The first-order valence-electron chi connectivity index (χ1n) is 8.99. The highest BCUT2D eigenvalue weighted by molar-refractivity contribution is 5.82. The number of aliphatic carboxylic acids is 1. The summed E-state index contributed by atoms with van der Waals surface area (Å²) in [6.45, 7) is 0.684. The lowest BCUT2D eigenvalue weighted by molar-refractivity contribution is -0.159. The van der Waals surface area contributed by atoms with Crippen LogP contribution in [0.5, 0.6) is 0 Å². The number of amides is 1. The van der Waals surface area contributed by atoms with Gasteiger partial charge in [-0.1, -0.05) is 6.08 Å². The van der Waals surface area contributed by atoms with Gasteiger partial charge in [0.05, 0.1) is 12.1 Å². The lowest BCUT2D eigenvalue weighted by atomic mass is 10.1. The minimum absolute atomic E-state index is 0.0446. The normalized spacial score (nSPS) is 26.7. The van der Waals surface area contributed by atoms with Crippen molar-refractivity contribution in [2.75, 3.05) is 19.3 Å². The molecule has 1 amide bonds. The van der Waals surface area contributed by atoms with Crippen LogP contribution in [0.3, 0.4) is 0 Å². The van der Waals surface area contributed by atoms with Crippen molar-refractivity contribution >= 4 is 23.7 Å². The van der Waals surface area contributed by atoms with Crippen molar-refractivity contribution in [1.29, 1.82) is 0 Å². The van der Waals surface area contributed by atoms with E-state index in [0.717, 1.165) is 4.57 Å². The van der Waals surface area contributed by atoms with E-state index in [1.165, 1.54) is 24.4 Å². The number of hydrogen-bond acceptors (Lipinski definition) is 9. The number of anilines is 1. The maximum atomic E-state index is 12.4. The smallest absolute Gasteiger partial charge is 0.351 e. The molecule has 12 nitrogen and oxygen atoms in total. The number of aliphatic imine (C=N–C) groups is 1. The van der Waals surface area contributed by atoms with Crippen LogP contribution >= 0.6 is 0 Å². The van der Waals surface area contributed by atoms with E-state index in [0.29, 0.717) is 18.9 Å². The van der Waals surface area contributed by atoms with Gasteiger partial charge in [-0.2, -0.15) is 4.98 Å². The van der Waals surface area contributed by atoms with Gasteiger partial charge in [0.2, 0.25) is 5.91 Å². The topological polar surface area (TPSA) is 178 Å². The predicted octanol–water partition coefficient (Wildman–Crippen LogP) is -1.74. The number of rotatable bonds is 5. The summed E-state index contributed by atoms with van der Waals surface area (Å²) >= 11 is 0. The summed E-state index contributed by atoms with van der Waals surface area (Å²) in [5.41, 5.74) is 10.6. The lowest BCUT2D eigenvalue weighted by Crippen LogP contribution is -2.51. The van der Waals surface area contributed by atoms with Crippen molar-refractivity contribution in [1.82, 2.24) is 19.8 Å². The van der Waals surface area contributed by atoms with Gasteiger partial charge in [-0.05, 0) is 18.6 Å². The van der Waals surface area contributed by atoms with Crippen molar-refractivity contribution in [2.24, 2.45) is 10.7 Å². The molecule has 156 valence electrons. The first-order valence-corrected chi connectivity index (χ1v) is 8.99. The molecule has 3 heterocycles. The van der Waals surface area contributed by atoms with Crippen LogP contribution in [0.2, 0.25) is 0 Å². The van der Waals surface area contributed by atoms with E-state index in [4.69, 9.17) is 16.2 Å². The summed E-state index contributed by atoms with van der Waals surface area (Å²) in [4.78, 5) is 45.6. The van der Waals surface area contributed by atoms with Crippen LogP contribution in [0, 0.1) is 0 Å². The number of aromatic nitrogens is 2. The van der Waals surface area contributed by atoms with E-state index in [1.807, 2.05) is 7.05 Å². The van der Waals surface area contributed by atoms with E-state index >= 15 is 0 Å². The molecule has 2 aliphatic heterocycles. The molecule has 0 spiro atoms. The number of nitrogens with one attached hydrogen (secondary N) is 1. The molecule has 3 rings (SSSR count). The maximum Gasteiger partial charge on any atom is 0.351 e. The quantitative estimate of drug-likeness (QED) is 0.414. The number of nitrogen functional groups attached to an aromatic ring is 1. The molecule has 0 aliphatic carbocycles. The van der Waals surface area contributed by atoms with Gasteiger partial charge in [-0.15, -0.1) is 0 Å². The van der Waals surface area contributed by atoms with Gasteiger partial charge in [0.15, 0.2) is 18.3 Å². The first kappa shape index (κ1) is 20.3. The Morgan fingerprint density at radius 3 is 2.79 bits per heavy atom. The highest BCUT2D eigenvalue weighted by Gasteiger charge is 2.35. The third-order valence-corrected chi connectivity index (χ3v) is 4.72. The van der Waals surface area contributed by atoms with E-state index < -0.39 is 30.0 Å². The Labute approximate surface area is 165 Å². The second-order valence-corrected chi connectivity index (χ2v) is 6.86. The van der Waals surface area contributed by atoms with Crippen molar-refractivity contribution in [3.8, 4) is 0 Å². The average Bonchev–Trinajstić information content (AvgIpc) is 2.65. The number of carbonyl (C=O) groups is 2. The summed E-state index contributed by atoms with van der Waals surface area (Å²) in [6, 6.07) is 0.229. The SMILES string of the molecule is CN1CC[C@H](CC(=O)N[C@H]2C=C[C@H](n3ccc(N)nc3=O)O[C@@H]2C(=O)O)N=C1N. The van der Waals surface area contributed by atoms with E-state index in [9.17, 15) is 19.5 Å². The molecule has 12 heteroatoms. The van der Waals surface area contributed by atoms with Crippen LogP contribution < -0.4 is 22.5 Å². The van der Waals surface area contributed by atoms with Crippen LogP contribution in [0.25, 0.3) is 0 Å². The summed E-state index contributed by atoms with van der Waals surface area (Å²) in [6.07, 6.45) is 2.71. The van der Waals surface area contributed by atoms with Crippen LogP contribution in [-0.2, 0) is 14.3 Å². The van der Waals surface area contributed by atoms with Crippen molar-refractivity contribution in [2.45, 2.75) is 37.3 Å². The van der Waals surface area contributed by atoms with Crippen molar-refractivity contribution in [3.63, 3.8) is 0 Å². The Bertz CT molecular complexity index is 912. The van der Waals surface area contributed by atoms with Gasteiger partial charge in [-0.25, -0.2) is 14.6 Å². The summed E-state index contributed by atoms with van der Waals surface area (Å²) in [5.74, 6) is -1.24. The molecule has 1 aromatic rings. The van der Waals surface area contributed by atoms with Crippen molar-refractivity contribution < 1.29 is 19.4 Å². The van der Waals surface area contributed by atoms with Gasteiger partial charge in [0, 0.05) is 26.2 Å². The minimum atomic E-state index is -1.38. The molecule has 1 aromatic heterocycles. The van der Waals surface area contributed by atoms with Crippen LogP contribution in [-0.4, -0.2) is 69.2 Å². The average molecular weight is 405 g/mol. The molecule has 0 saturated heterocycles. The number of carboxylic acids is 1. The molecule has 29 heavy (non-hydrogen) atoms. The predicted molar refractivity (Wildman–Crippen MR) is 103 cm³/mol. The Morgan fingerprint density at radius 1 is 1.38 bits per heavy atom. The van der Waals surface area contributed by atoms with Crippen LogP contribution in [0.1, 0.15) is 19.1 Å². The summed E-state index contributed by atoms with van der Waals surface area (Å²) < 4.78 is 6.62. The van der Waals surface area contributed by atoms with E-state index in [2.05, 4.69) is 15.3 Å². The Hall–Kier alpha value is -3.41. The highest BCUT2D eigenvalue weighted by atomic mass is 16.5. The highest BCUT2D eigenvalue weighted by Crippen LogP contribution is 2.21. The van der Waals surface area contributed by atoms with Crippen LogP contribution in [0.15, 0.2) is 34.2 Å². The van der Waals surface area contributed by atoms with Crippen molar-refractivity contribution in [3.05, 3.63) is 34.9 Å². The lowest BCUT2D eigenvalue weighted by Gasteiger charge is -2.31. The largest absolute Gasteiger partial charge is 0.479 e. The zero-order valence-electron chi connectivity index (χ0n) is 15.8. The molecule has 0 fully saturated rings. The Morgan fingerprint density at radius 2 is 2.14 bits per heavy atom. The number of ether oxygens (including phenoxy) is 1. The van der Waals surface area contributed by atoms with Gasteiger partial charge < -0.3 is 31.5 Å². The summed E-state index contributed by atoms with van der Waals surface area (Å²) in [7, 11) is 1.81. The monoisotopic (exact) mass is 405 g/mol. The molecular formula is C17H23N7O5. The number of carbonyl (C=O) groups excluding carboxylic acids is 1. The zero-order chi connectivity index (χ0) is 21.1. The van der Waals surface area contributed by atoms with E-state index in [-0.39, 0.29) is 24.2 Å². The fourth-order valence-electron chi connectivity index (χ4n) is 3.12. The first-order chi connectivity index (χ1) is 13.7. The number of carboxylic acid groups (broad SMARTS) is 1. The molecule has 4 atom stereocenters. The number of guanidine groups is 1. The fraction of sp³-hybridized carbons (Fsp3) is 0.471. The van der Waals surface area contributed by atoms with Crippen LogP contribution in [0.4, 0.5) is 5.82 Å². The molecule has 0 unspecified atom stereocenters. The van der Waals surface area contributed by atoms with Gasteiger partial charge in [-0.3, -0.25) is 9.36 Å². The van der Waals surface area contributed by atoms with Gasteiger partial charge in [0.25, 0.3) is 0 Å².